The van der Waals surface area contributed by atoms with Crippen molar-refractivity contribution in [2.75, 3.05) is 33.4 Å². The molecular formula is C21H34IN5O2. The molecule has 0 saturated carbocycles. The largest absolute Gasteiger partial charge is 0.389 e. The maximum atomic E-state index is 10.1. The fourth-order valence-electron chi connectivity index (χ4n) is 2.67. The molecule has 1 atom stereocenters. The topological polar surface area (TPSA) is 74.9 Å². The summed E-state index contributed by atoms with van der Waals surface area (Å²) in [6.07, 6.45) is 3.27. The van der Waals surface area contributed by atoms with E-state index in [-0.39, 0.29) is 24.0 Å². The second kappa shape index (κ2) is 13.6. The van der Waals surface area contributed by atoms with Crippen LogP contribution in [0.3, 0.4) is 0 Å². The molecule has 0 bridgehead atoms. The van der Waals surface area contributed by atoms with E-state index in [0.717, 1.165) is 23.8 Å². The molecule has 0 saturated heterocycles. The van der Waals surface area contributed by atoms with Gasteiger partial charge in [-0.05, 0) is 25.0 Å². The molecule has 0 spiro atoms. The van der Waals surface area contributed by atoms with Gasteiger partial charge in [-0.1, -0.05) is 32.0 Å². The summed E-state index contributed by atoms with van der Waals surface area (Å²) in [5, 5.41) is 17.8. The summed E-state index contributed by atoms with van der Waals surface area (Å²) in [5.74, 6) is 1.20. The number of nitrogens with zero attached hydrogens (tertiary/aromatic N) is 4. The van der Waals surface area contributed by atoms with Crippen molar-refractivity contribution in [2.24, 2.45) is 10.9 Å². The normalized spacial score (nSPS) is 12.6. The third-order valence-electron chi connectivity index (χ3n) is 3.99. The van der Waals surface area contributed by atoms with Crippen molar-refractivity contribution in [2.45, 2.75) is 33.4 Å². The minimum Gasteiger partial charge on any atom is -0.389 e. The van der Waals surface area contributed by atoms with Crippen LogP contribution in [0.4, 0.5) is 0 Å². The van der Waals surface area contributed by atoms with E-state index in [1.165, 1.54) is 0 Å². The quantitative estimate of drug-likeness (QED) is 0.289. The Morgan fingerprint density at radius 2 is 2.00 bits per heavy atom. The predicted molar refractivity (Wildman–Crippen MR) is 128 cm³/mol. The molecule has 2 N–H and O–H groups in total. The molecule has 7 nitrogen and oxygen atoms in total. The Balaban J connectivity index is 0.00000420. The summed E-state index contributed by atoms with van der Waals surface area (Å²) in [7, 11) is 1.98. The first kappa shape index (κ1) is 25.4. The highest BCUT2D eigenvalue weighted by molar-refractivity contribution is 14.0. The van der Waals surface area contributed by atoms with Crippen molar-refractivity contribution in [1.82, 2.24) is 20.0 Å². The number of nitrogens with one attached hydrogen (secondary N) is 1. The van der Waals surface area contributed by atoms with Crippen LogP contribution in [0.5, 0.6) is 0 Å². The third-order valence-corrected chi connectivity index (χ3v) is 3.99. The van der Waals surface area contributed by atoms with E-state index in [1.54, 1.807) is 0 Å². The second-order valence-corrected chi connectivity index (χ2v) is 7.26. The Kier molecular flexibility index (Phi) is 11.9. The highest BCUT2D eigenvalue weighted by Crippen LogP contribution is 2.09. The Bertz CT molecular complexity index is 721. The van der Waals surface area contributed by atoms with Crippen LogP contribution in [-0.2, 0) is 11.3 Å². The molecule has 2 aromatic rings. The van der Waals surface area contributed by atoms with Gasteiger partial charge in [-0.25, -0.2) is 4.68 Å². The maximum absolute atomic E-state index is 10.1. The van der Waals surface area contributed by atoms with Gasteiger partial charge in [0.15, 0.2) is 5.96 Å². The zero-order chi connectivity index (χ0) is 20.4. The number of halogens is 1. The number of benzene rings is 1. The van der Waals surface area contributed by atoms with Crippen molar-refractivity contribution in [1.29, 1.82) is 0 Å². The molecule has 0 aliphatic heterocycles. The molecule has 0 aliphatic carbocycles. The van der Waals surface area contributed by atoms with Crippen molar-refractivity contribution in [3.63, 3.8) is 0 Å². The minimum atomic E-state index is -0.610. The second-order valence-electron chi connectivity index (χ2n) is 7.26. The molecule has 29 heavy (non-hydrogen) atoms. The van der Waals surface area contributed by atoms with Crippen molar-refractivity contribution in [3.05, 3.63) is 48.3 Å². The van der Waals surface area contributed by atoms with Crippen LogP contribution >= 0.6 is 24.0 Å². The Morgan fingerprint density at radius 1 is 1.28 bits per heavy atom. The molecule has 0 amide bonds. The lowest BCUT2D eigenvalue weighted by molar-refractivity contribution is 0.0300. The van der Waals surface area contributed by atoms with Gasteiger partial charge in [-0.15, -0.1) is 24.0 Å². The summed E-state index contributed by atoms with van der Waals surface area (Å²) >= 11 is 0. The van der Waals surface area contributed by atoms with E-state index in [9.17, 15) is 5.11 Å². The molecule has 162 valence electrons. The van der Waals surface area contributed by atoms with Crippen LogP contribution in [0, 0.1) is 5.92 Å². The predicted octanol–water partition coefficient (Wildman–Crippen LogP) is 2.92. The van der Waals surface area contributed by atoms with Crippen LogP contribution in [0.15, 0.2) is 47.7 Å². The zero-order valence-corrected chi connectivity index (χ0v) is 20.1. The smallest absolute Gasteiger partial charge is 0.194 e. The average Bonchev–Trinajstić information content (AvgIpc) is 3.14. The summed E-state index contributed by atoms with van der Waals surface area (Å²) < 4.78 is 7.35. The molecule has 1 heterocycles. The van der Waals surface area contributed by atoms with Gasteiger partial charge in [0.25, 0.3) is 0 Å². The SMILES string of the molecule is CCNC(=NCC(O)COCC(C)C)N(C)Cc1cnn(-c2ccccc2)c1.I. The molecule has 1 aromatic carbocycles. The zero-order valence-electron chi connectivity index (χ0n) is 17.8. The van der Waals surface area contributed by atoms with Crippen LogP contribution in [0.25, 0.3) is 5.69 Å². The number of ether oxygens (including phenoxy) is 1. The maximum Gasteiger partial charge on any atom is 0.194 e. The number of hydrogen-bond acceptors (Lipinski definition) is 4. The van der Waals surface area contributed by atoms with Crippen LogP contribution in [0.2, 0.25) is 0 Å². The van der Waals surface area contributed by atoms with Gasteiger partial charge in [-0.2, -0.15) is 5.10 Å². The molecule has 1 aromatic heterocycles. The number of aliphatic imine (C=N–C) groups is 1. The van der Waals surface area contributed by atoms with E-state index in [0.29, 0.717) is 32.2 Å². The summed E-state index contributed by atoms with van der Waals surface area (Å²) in [4.78, 5) is 6.57. The Hall–Kier alpha value is -1.65. The van der Waals surface area contributed by atoms with E-state index in [2.05, 4.69) is 29.3 Å². The summed E-state index contributed by atoms with van der Waals surface area (Å²) in [6, 6.07) is 10.0. The number of hydrogen-bond donors (Lipinski definition) is 2. The number of aliphatic hydroxyl groups is 1. The van der Waals surface area contributed by atoms with Gasteiger partial charge in [0, 0.05) is 38.5 Å². The molecular weight excluding hydrogens is 481 g/mol. The van der Waals surface area contributed by atoms with E-state index in [1.807, 2.05) is 66.3 Å². The molecule has 8 heteroatoms. The Morgan fingerprint density at radius 3 is 2.66 bits per heavy atom. The first-order valence-electron chi connectivity index (χ1n) is 9.83. The summed E-state index contributed by atoms with van der Waals surface area (Å²) in [5.41, 5.74) is 2.11. The Labute approximate surface area is 191 Å². The monoisotopic (exact) mass is 515 g/mol. The molecule has 0 aliphatic rings. The summed E-state index contributed by atoms with van der Waals surface area (Å²) in [6.45, 7) is 8.87. The molecule has 0 radical (unpaired) electrons. The lowest BCUT2D eigenvalue weighted by Crippen LogP contribution is -2.39. The van der Waals surface area contributed by atoms with Crippen molar-refractivity contribution >= 4 is 29.9 Å². The number of rotatable bonds is 10. The lowest BCUT2D eigenvalue weighted by Gasteiger charge is -2.22. The third kappa shape index (κ3) is 9.14. The lowest BCUT2D eigenvalue weighted by atomic mass is 10.2. The molecule has 2 rings (SSSR count). The van der Waals surface area contributed by atoms with E-state index < -0.39 is 6.10 Å². The molecule has 1 unspecified atom stereocenters. The average molecular weight is 515 g/mol. The van der Waals surface area contributed by atoms with Crippen LogP contribution < -0.4 is 5.32 Å². The first-order valence-corrected chi connectivity index (χ1v) is 9.83. The van der Waals surface area contributed by atoms with E-state index in [4.69, 9.17) is 4.74 Å². The number of aromatic nitrogens is 2. The van der Waals surface area contributed by atoms with Crippen LogP contribution in [-0.4, -0.2) is 65.2 Å². The van der Waals surface area contributed by atoms with Crippen LogP contribution in [0.1, 0.15) is 26.3 Å². The van der Waals surface area contributed by atoms with Crippen molar-refractivity contribution in [3.8, 4) is 5.69 Å². The first-order chi connectivity index (χ1) is 13.5. The van der Waals surface area contributed by atoms with Gasteiger partial charge >= 0.3 is 0 Å². The highest BCUT2D eigenvalue weighted by atomic mass is 127. The standard InChI is InChI=1S/C21H33N5O2.HI/c1-5-22-21(23-12-20(27)16-28-15-17(2)3)25(4)13-18-11-24-26(14-18)19-9-7-6-8-10-19;/h6-11,14,17,20,27H,5,12-13,15-16H2,1-4H3,(H,22,23);1H. The highest BCUT2D eigenvalue weighted by Gasteiger charge is 2.11. The van der Waals surface area contributed by atoms with Gasteiger partial charge in [0.05, 0.1) is 31.1 Å². The fourth-order valence-corrected chi connectivity index (χ4v) is 2.67. The number of para-hydroxylation sites is 1. The van der Waals surface area contributed by atoms with Gasteiger partial charge < -0.3 is 20.1 Å². The molecule has 0 fully saturated rings. The number of guanidine groups is 1. The fraction of sp³-hybridized carbons (Fsp3) is 0.524. The van der Waals surface area contributed by atoms with Gasteiger partial charge in [-0.3, -0.25) is 4.99 Å². The minimum absolute atomic E-state index is 0. The van der Waals surface area contributed by atoms with Crippen molar-refractivity contribution < 1.29 is 9.84 Å². The van der Waals surface area contributed by atoms with Gasteiger partial charge in [0.2, 0.25) is 0 Å². The van der Waals surface area contributed by atoms with Gasteiger partial charge in [0.1, 0.15) is 0 Å². The number of aliphatic hydroxyl groups excluding tert-OH is 1. The van der Waals surface area contributed by atoms with E-state index >= 15 is 0 Å².